The van der Waals surface area contributed by atoms with Crippen molar-refractivity contribution in [3.8, 4) is 10.4 Å². The molecule has 2 aromatic rings. The maximum absolute atomic E-state index is 12.2. The summed E-state index contributed by atoms with van der Waals surface area (Å²) >= 11 is 1.76. The molecule has 4 heterocycles. The van der Waals surface area contributed by atoms with Gasteiger partial charge in [0.05, 0.1) is 12.6 Å². The van der Waals surface area contributed by atoms with E-state index in [9.17, 15) is 4.79 Å². The van der Waals surface area contributed by atoms with E-state index in [2.05, 4.69) is 17.1 Å². The first-order valence-electron chi connectivity index (χ1n) is 9.44. The number of pyridine rings is 1. The van der Waals surface area contributed by atoms with Gasteiger partial charge < -0.3 is 21.1 Å². The minimum atomic E-state index is -0.452. The molecule has 7 heteroatoms. The van der Waals surface area contributed by atoms with E-state index in [0.717, 1.165) is 35.3 Å². The molecule has 27 heavy (non-hydrogen) atoms. The van der Waals surface area contributed by atoms with Crippen molar-refractivity contribution >= 4 is 23.1 Å². The van der Waals surface area contributed by atoms with Crippen molar-refractivity contribution in [3.63, 3.8) is 0 Å². The molecule has 0 aliphatic carbocycles. The first-order valence-corrected chi connectivity index (χ1v) is 10.3. The van der Waals surface area contributed by atoms with Crippen molar-refractivity contribution in [1.29, 1.82) is 0 Å². The number of rotatable bonds is 2. The van der Waals surface area contributed by atoms with Crippen LogP contribution in [0.3, 0.4) is 0 Å². The van der Waals surface area contributed by atoms with E-state index in [1.54, 1.807) is 24.5 Å². The Balaban J connectivity index is 1.64. The van der Waals surface area contributed by atoms with Gasteiger partial charge in [0.2, 0.25) is 5.91 Å². The number of nitrogen functional groups attached to an aromatic ring is 1. The topological polar surface area (TPSA) is 94.5 Å². The normalized spacial score (nSPS) is 19.7. The molecule has 1 atom stereocenters. The second-order valence-electron chi connectivity index (χ2n) is 7.62. The molecule has 2 aliphatic rings. The third-order valence-electron chi connectivity index (χ3n) is 5.57. The monoisotopic (exact) mass is 386 g/mol. The lowest BCUT2D eigenvalue weighted by Crippen LogP contribution is -2.51. The van der Waals surface area contributed by atoms with Crippen LogP contribution in [0, 0.1) is 6.92 Å². The molecule has 0 saturated carbocycles. The molecule has 0 bridgehead atoms. The summed E-state index contributed by atoms with van der Waals surface area (Å²) in [5.74, 6) is 0.581. The number of thiophene rings is 1. The van der Waals surface area contributed by atoms with E-state index < -0.39 is 6.04 Å². The summed E-state index contributed by atoms with van der Waals surface area (Å²) in [5.41, 5.74) is 15.0. The minimum absolute atomic E-state index is 0.0198. The molecule has 2 aromatic heterocycles. The van der Waals surface area contributed by atoms with Crippen LogP contribution in [0.15, 0.2) is 18.3 Å². The molecule has 144 valence electrons. The molecule has 6 nitrogen and oxygen atoms in total. The molecular formula is C20H26N4O2S. The molecule has 1 spiro atoms. The fraction of sp³-hybridized carbons (Fsp3) is 0.500. The number of amides is 1. The quantitative estimate of drug-likeness (QED) is 0.827. The average molecular weight is 387 g/mol. The number of likely N-dealkylation sites (tertiary alicyclic amines) is 1. The zero-order valence-electron chi connectivity index (χ0n) is 15.8. The molecule has 1 amide bonds. The van der Waals surface area contributed by atoms with Gasteiger partial charge >= 0.3 is 0 Å². The first-order chi connectivity index (χ1) is 12.9. The summed E-state index contributed by atoms with van der Waals surface area (Å²) in [6.45, 7) is 5.85. The molecular weight excluding hydrogens is 360 g/mol. The molecule has 0 unspecified atom stereocenters. The lowest BCUT2D eigenvalue weighted by Gasteiger charge is -2.44. The van der Waals surface area contributed by atoms with Crippen LogP contribution in [0.5, 0.6) is 0 Å². The summed E-state index contributed by atoms with van der Waals surface area (Å²) < 4.78 is 6.32. The van der Waals surface area contributed by atoms with Gasteiger partial charge in [-0.2, -0.15) is 0 Å². The molecule has 4 N–H and O–H groups in total. The van der Waals surface area contributed by atoms with Crippen LogP contribution in [0.25, 0.3) is 10.4 Å². The fourth-order valence-corrected chi connectivity index (χ4v) is 5.52. The third kappa shape index (κ3) is 3.24. The smallest absolute Gasteiger partial charge is 0.239 e. The highest BCUT2D eigenvalue weighted by atomic mass is 32.1. The Hall–Kier alpha value is -1.96. The lowest BCUT2D eigenvalue weighted by molar-refractivity contribution is -0.141. The van der Waals surface area contributed by atoms with Crippen LogP contribution in [0.1, 0.15) is 35.8 Å². The first kappa shape index (κ1) is 18.4. The molecule has 1 fully saturated rings. The van der Waals surface area contributed by atoms with Crippen molar-refractivity contribution in [2.45, 2.75) is 44.8 Å². The van der Waals surface area contributed by atoms with Gasteiger partial charge in [-0.3, -0.25) is 4.79 Å². The van der Waals surface area contributed by atoms with Gasteiger partial charge in [0, 0.05) is 34.6 Å². The lowest BCUT2D eigenvalue weighted by atomic mass is 9.85. The van der Waals surface area contributed by atoms with Crippen LogP contribution in [-0.2, 0) is 21.6 Å². The van der Waals surface area contributed by atoms with E-state index in [1.165, 1.54) is 10.4 Å². The number of hydrogen-bond acceptors (Lipinski definition) is 6. The Morgan fingerprint density at radius 1 is 1.37 bits per heavy atom. The van der Waals surface area contributed by atoms with Crippen LogP contribution < -0.4 is 11.5 Å². The van der Waals surface area contributed by atoms with E-state index in [4.69, 9.17) is 16.2 Å². The maximum Gasteiger partial charge on any atom is 0.239 e. The summed E-state index contributed by atoms with van der Waals surface area (Å²) in [7, 11) is 0. The van der Waals surface area contributed by atoms with Gasteiger partial charge in [-0.25, -0.2) is 4.98 Å². The largest absolute Gasteiger partial charge is 0.383 e. The highest BCUT2D eigenvalue weighted by Crippen LogP contribution is 2.48. The Morgan fingerprint density at radius 3 is 2.81 bits per heavy atom. The molecule has 0 aromatic carbocycles. The Bertz CT molecular complexity index is 869. The molecule has 1 saturated heterocycles. The van der Waals surface area contributed by atoms with Gasteiger partial charge in [0.15, 0.2) is 0 Å². The van der Waals surface area contributed by atoms with Crippen LogP contribution in [0.2, 0.25) is 0 Å². The summed E-state index contributed by atoms with van der Waals surface area (Å²) in [5, 5.41) is 0. The fourth-order valence-electron chi connectivity index (χ4n) is 4.08. The van der Waals surface area contributed by atoms with Gasteiger partial charge in [0.25, 0.3) is 0 Å². The van der Waals surface area contributed by atoms with Crippen molar-refractivity contribution < 1.29 is 9.53 Å². The van der Waals surface area contributed by atoms with Gasteiger partial charge in [0.1, 0.15) is 11.4 Å². The number of piperidine rings is 1. The third-order valence-corrected chi connectivity index (χ3v) is 6.96. The zero-order chi connectivity index (χ0) is 19.2. The van der Waals surface area contributed by atoms with Crippen molar-refractivity contribution in [3.05, 3.63) is 34.3 Å². The molecule has 2 aliphatic heterocycles. The standard InChI is InChI=1S/C20H26N4O2S/c1-12-9-15(18(22)23-11-12)16-10-14-3-8-26-20(17(14)27-16)4-6-24(7-5-20)19(25)13(2)21/h9-11,13H,3-8,21H2,1-2H3,(H2,22,23)/t13-/m1/s1. The second kappa shape index (κ2) is 6.89. The van der Waals surface area contributed by atoms with Crippen LogP contribution >= 0.6 is 11.3 Å². The Morgan fingerprint density at radius 2 is 2.11 bits per heavy atom. The number of aromatic nitrogens is 1. The number of hydrogen-bond donors (Lipinski definition) is 2. The molecule has 4 rings (SSSR count). The number of aryl methyl sites for hydroxylation is 1. The van der Waals surface area contributed by atoms with Crippen LogP contribution in [0.4, 0.5) is 5.82 Å². The van der Waals surface area contributed by atoms with E-state index in [0.29, 0.717) is 25.5 Å². The van der Waals surface area contributed by atoms with Crippen molar-refractivity contribution in [1.82, 2.24) is 9.88 Å². The maximum atomic E-state index is 12.2. The minimum Gasteiger partial charge on any atom is -0.383 e. The predicted octanol–water partition coefficient (Wildman–Crippen LogP) is 2.44. The number of nitrogens with zero attached hydrogens (tertiary/aromatic N) is 2. The van der Waals surface area contributed by atoms with E-state index in [1.807, 2.05) is 11.8 Å². The number of fused-ring (bicyclic) bond motifs is 2. The summed E-state index contributed by atoms with van der Waals surface area (Å²) in [4.78, 5) is 20.8. The number of anilines is 1. The summed E-state index contributed by atoms with van der Waals surface area (Å²) in [6.07, 6.45) is 4.32. The Kier molecular flexibility index (Phi) is 4.70. The van der Waals surface area contributed by atoms with Gasteiger partial charge in [-0.05, 0) is 56.4 Å². The zero-order valence-corrected chi connectivity index (χ0v) is 16.6. The molecule has 0 radical (unpaired) electrons. The summed E-state index contributed by atoms with van der Waals surface area (Å²) in [6, 6.07) is 3.89. The second-order valence-corrected chi connectivity index (χ2v) is 8.67. The number of nitrogens with two attached hydrogens (primary N) is 2. The number of carbonyl (C=O) groups is 1. The Labute approximate surface area is 163 Å². The van der Waals surface area contributed by atoms with Gasteiger partial charge in [-0.1, -0.05) is 0 Å². The van der Waals surface area contributed by atoms with E-state index in [-0.39, 0.29) is 11.5 Å². The van der Waals surface area contributed by atoms with Crippen molar-refractivity contribution in [2.75, 3.05) is 25.4 Å². The van der Waals surface area contributed by atoms with Gasteiger partial charge in [-0.15, -0.1) is 11.3 Å². The highest BCUT2D eigenvalue weighted by molar-refractivity contribution is 7.15. The van der Waals surface area contributed by atoms with Crippen molar-refractivity contribution in [2.24, 2.45) is 5.73 Å². The number of carbonyl (C=O) groups excluding carboxylic acids is 1. The SMILES string of the molecule is Cc1cnc(N)c(-c2cc3c(s2)C2(CCN(C(=O)[C@@H](C)N)CC2)OCC3)c1. The highest BCUT2D eigenvalue weighted by Gasteiger charge is 2.43. The predicted molar refractivity (Wildman–Crippen MR) is 107 cm³/mol. The number of ether oxygens (including phenoxy) is 1. The average Bonchev–Trinajstić information content (AvgIpc) is 3.09. The van der Waals surface area contributed by atoms with Crippen LogP contribution in [-0.4, -0.2) is 41.5 Å². The van der Waals surface area contributed by atoms with E-state index >= 15 is 0 Å².